The van der Waals surface area contributed by atoms with Gasteiger partial charge in [0.15, 0.2) is 0 Å². The number of hydrogen-bond acceptors (Lipinski definition) is 8. The van der Waals surface area contributed by atoms with Gasteiger partial charge in [-0.25, -0.2) is 0 Å². The molecule has 0 bridgehead atoms. The van der Waals surface area contributed by atoms with E-state index in [1.807, 2.05) is 29.2 Å². The van der Waals surface area contributed by atoms with Gasteiger partial charge in [0, 0.05) is 6.54 Å². The van der Waals surface area contributed by atoms with E-state index in [0.717, 1.165) is 0 Å². The van der Waals surface area contributed by atoms with Crippen molar-refractivity contribution < 1.29 is 33.5 Å². The third-order valence-electron chi connectivity index (χ3n) is 4.05. The Bertz CT molecular complexity index is 469. The Kier molecular flexibility index (Phi) is 11.1. The van der Waals surface area contributed by atoms with Gasteiger partial charge in [-0.1, -0.05) is 24.3 Å². The predicted molar refractivity (Wildman–Crippen MR) is 99.0 cm³/mol. The summed E-state index contributed by atoms with van der Waals surface area (Å²) < 4.78 is 28.1. The van der Waals surface area contributed by atoms with E-state index in [4.69, 9.17) is 33.5 Å². The van der Waals surface area contributed by atoms with Crippen LogP contribution >= 0.6 is 0 Å². The molecule has 0 saturated carbocycles. The van der Waals surface area contributed by atoms with Crippen LogP contribution in [0.25, 0.3) is 0 Å². The molecule has 0 aromatic rings. The van der Waals surface area contributed by atoms with E-state index in [1.165, 1.54) is 7.11 Å². The Morgan fingerprint density at radius 1 is 0.852 bits per heavy atom. The minimum Gasteiger partial charge on any atom is -0.377 e. The van der Waals surface area contributed by atoms with Crippen LogP contribution in [0.15, 0.2) is 36.8 Å². The molecule has 0 radical (unpaired) electrons. The van der Waals surface area contributed by atoms with E-state index in [-0.39, 0.29) is 12.1 Å². The SMILES string of the molecule is C=C(OOC)N1CCOCCOCCOCCOCCOC2C=CC=CC21. The van der Waals surface area contributed by atoms with Gasteiger partial charge in [-0.2, -0.15) is 4.89 Å². The highest BCUT2D eigenvalue weighted by molar-refractivity contribution is 5.20. The van der Waals surface area contributed by atoms with Crippen molar-refractivity contribution in [2.75, 3.05) is 73.1 Å². The van der Waals surface area contributed by atoms with Crippen LogP contribution in [0.4, 0.5) is 0 Å². The van der Waals surface area contributed by atoms with E-state index >= 15 is 0 Å². The molecule has 2 unspecified atom stereocenters. The zero-order valence-corrected chi connectivity index (χ0v) is 16.0. The lowest BCUT2D eigenvalue weighted by Gasteiger charge is -2.36. The summed E-state index contributed by atoms with van der Waals surface area (Å²) in [4.78, 5) is 11.9. The number of allylic oxidation sites excluding steroid dienone is 2. The van der Waals surface area contributed by atoms with Crippen LogP contribution < -0.4 is 0 Å². The van der Waals surface area contributed by atoms with Crippen molar-refractivity contribution in [3.63, 3.8) is 0 Å². The van der Waals surface area contributed by atoms with E-state index in [9.17, 15) is 0 Å². The number of fused-ring (bicyclic) bond motifs is 1. The summed E-state index contributed by atoms with van der Waals surface area (Å²) in [7, 11) is 1.45. The Morgan fingerprint density at radius 3 is 2.04 bits per heavy atom. The number of hydrogen-bond donors (Lipinski definition) is 0. The monoisotopic (exact) mass is 385 g/mol. The highest BCUT2D eigenvalue weighted by Crippen LogP contribution is 2.20. The summed E-state index contributed by atoms with van der Waals surface area (Å²) in [6.45, 7) is 9.18. The molecule has 0 aromatic carbocycles. The summed E-state index contributed by atoms with van der Waals surface area (Å²) in [5.41, 5.74) is 0. The fourth-order valence-corrected chi connectivity index (χ4v) is 2.76. The molecule has 0 N–H and O–H groups in total. The van der Waals surface area contributed by atoms with Crippen LogP contribution in [-0.4, -0.2) is 90.2 Å². The topological polar surface area (TPSA) is 67.9 Å². The average molecular weight is 385 g/mol. The lowest BCUT2D eigenvalue weighted by Crippen LogP contribution is -2.45. The second-order valence-corrected chi connectivity index (χ2v) is 5.88. The first-order valence-corrected chi connectivity index (χ1v) is 9.26. The van der Waals surface area contributed by atoms with Gasteiger partial charge in [-0.05, 0) is 6.58 Å². The lowest BCUT2D eigenvalue weighted by atomic mass is 10.0. The van der Waals surface area contributed by atoms with Crippen molar-refractivity contribution in [1.29, 1.82) is 0 Å². The van der Waals surface area contributed by atoms with E-state index in [2.05, 4.69) is 6.58 Å². The van der Waals surface area contributed by atoms with Crippen LogP contribution in [-0.2, 0) is 33.5 Å². The number of nitrogens with zero attached hydrogens (tertiary/aromatic N) is 1. The highest BCUT2D eigenvalue weighted by Gasteiger charge is 2.28. The third-order valence-corrected chi connectivity index (χ3v) is 4.05. The van der Waals surface area contributed by atoms with Crippen LogP contribution in [0.5, 0.6) is 0 Å². The summed E-state index contributed by atoms with van der Waals surface area (Å²) >= 11 is 0. The van der Waals surface area contributed by atoms with Crippen molar-refractivity contribution in [2.24, 2.45) is 0 Å². The van der Waals surface area contributed by atoms with Gasteiger partial charge >= 0.3 is 0 Å². The maximum Gasteiger partial charge on any atom is 0.226 e. The van der Waals surface area contributed by atoms with Crippen LogP contribution in [0, 0.1) is 0 Å². The molecule has 1 aliphatic heterocycles. The summed E-state index contributed by atoms with van der Waals surface area (Å²) in [6.07, 6.45) is 7.84. The molecule has 2 rings (SSSR count). The van der Waals surface area contributed by atoms with Crippen molar-refractivity contribution >= 4 is 0 Å². The Labute approximate surface area is 161 Å². The Morgan fingerprint density at radius 2 is 1.41 bits per heavy atom. The normalized spacial score (nSPS) is 26.6. The Hall–Kier alpha value is -1.42. The molecule has 0 amide bonds. The zero-order valence-electron chi connectivity index (χ0n) is 16.0. The molecule has 27 heavy (non-hydrogen) atoms. The standard InChI is InChI=1S/C19H31NO7/c1-17(27-21-2)20-7-8-22-9-10-23-11-12-24-13-14-25-15-16-26-19-6-4-3-5-18(19)20/h3-6,18-19H,1,7-16H2,2H3. The van der Waals surface area contributed by atoms with Gasteiger partial charge in [-0.15, -0.1) is 0 Å². The quantitative estimate of drug-likeness (QED) is 0.409. The number of rotatable bonds is 3. The third kappa shape index (κ3) is 8.42. The largest absolute Gasteiger partial charge is 0.377 e. The van der Waals surface area contributed by atoms with Crippen molar-refractivity contribution in [3.8, 4) is 0 Å². The second kappa shape index (κ2) is 13.7. The molecule has 8 heteroatoms. The summed E-state index contributed by atoms with van der Waals surface area (Å²) in [6, 6.07) is -0.0836. The molecule has 1 saturated heterocycles. The molecule has 1 aliphatic carbocycles. The molecule has 0 aromatic heterocycles. The second-order valence-electron chi connectivity index (χ2n) is 5.88. The van der Waals surface area contributed by atoms with Gasteiger partial charge in [0.05, 0.1) is 72.6 Å². The minimum atomic E-state index is -0.158. The zero-order chi connectivity index (χ0) is 19.2. The van der Waals surface area contributed by atoms with Crippen molar-refractivity contribution in [3.05, 3.63) is 36.8 Å². The first kappa shape index (κ1) is 21.9. The summed E-state index contributed by atoms with van der Waals surface area (Å²) in [5, 5.41) is 0. The smallest absolute Gasteiger partial charge is 0.226 e. The van der Waals surface area contributed by atoms with Gasteiger partial charge in [0.1, 0.15) is 6.10 Å². The molecule has 1 fully saturated rings. The van der Waals surface area contributed by atoms with Crippen molar-refractivity contribution in [2.45, 2.75) is 12.1 Å². The summed E-state index contributed by atoms with van der Waals surface area (Å²) in [5.74, 6) is 0.402. The molecule has 2 aliphatic rings. The van der Waals surface area contributed by atoms with E-state index < -0.39 is 0 Å². The minimum absolute atomic E-state index is 0.0836. The fraction of sp³-hybridized carbons (Fsp3) is 0.684. The van der Waals surface area contributed by atoms with Gasteiger partial charge in [0.25, 0.3) is 0 Å². The van der Waals surface area contributed by atoms with Gasteiger partial charge in [0.2, 0.25) is 5.88 Å². The number of ether oxygens (including phenoxy) is 5. The van der Waals surface area contributed by atoms with Gasteiger partial charge < -0.3 is 33.5 Å². The molecule has 0 spiro atoms. The lowest BCUT2D eigenvalue weighted by molar-refractivity contribution is -0.258. The maximum absolute atomic E-state index is 6.01. The van der Waals surface area contributed by atoms with Crippen LogP contribution in [0.1, 0.15) is 0 Å². The molecular formula is C19H31NO7. The fourth-order valence-electron chi connectivity index (χ4n) is 2.76. The van der Waals surface area contributed by atoms with Crippen LogP contribution in [0.3, 0.4) is 0 Å². The molecule has 2 atom stereocenters. The van der Waals surface area contributed by atoms with E-state index in [1.54, 1.807) is 0 Å². The molecule has 154 valence electrons. The average Bonchev–Trinajstić information content (AvgIpc) is 2.68. The molecule has 1 heterocycles. The van der Waals surface area contributed by atoms with Crippen molar-refractivity contribution in [1.82, 2.24) is 4.90 Å². The highest BCUT2D eigenvalue weighted by atomic mass is 17.2. The Balaban J connectivity index is 1.96. The first-order valence-electron chi connectivity index (χ1n) is 9.26. The predicted octanol–water partition coefficient (Wildman–Crippen LogP) is 1.30. The first-order chi connectivity index (χ1) is 13.3. The maximum atomic E-state index is 6.01. The van der Waals surface area contributed by atoms with E-state index in [0.29, 0.717) is 71.9 Å². The molecule has 8 nitrogen and oxygen atoms in total. The van der Waals surface area contributed by atoms with Crippen LogP contribution in [0.2, 0.25) is 0 Å². The van der Waals surface area contributed by atoms with Gasteiger partial charge in [-0.3, -0.25) is 0 Å². The molecular weight excluding hydrogens is 354 g/mol.